The van der Waals surface area contributed by atoms with E-state index in [-0.39, 0.29) is 5.91 Å². The van der Waals surface area contributed by atoms with Crippen LogP contribution in [-0.2, 0) is 4.74 Å². The van der Waals surface area contributed by atoms with Crippen LogP contribution in [0.3, 0.4) is 0 Å². The van der Waals surface area contributed by atoms with E-state index in [9.17, 15) is 4.79 Å². The highest BCUT2D eigenvalue weighted by molar-refractivity contribution is 5.94. The zero-order valence-electron chi connectivity index (χ0n) is 9.19. The Morgan fingerprint density at radius 3 is 2.81 bits per heavy atom. The van der Waals surface area contributed by atoms with Gasteiger partial charge in [0.2, 0.25) is 0 Å². The van der Waals surface area contributed by atoms with Gasteiger partial charge in [0, 0.05) is 18.7 Å². The lowest BCUT2D eigenvalue weighted by molar-refractivity contribution is 0.0303. The molecule has 1 aromatic carbocycles. The molecule has 84 valence electrons. The van der Waals surface area contributed by atoms with Gasteiger partial charge < -0.3 is 9.64 Å². The van der Waals surface area contributed by atoms with Crippen molar-refractivity contribution in [3.63, 3.8) is 0 Å². The first-order valence-corrected chi connectivity index (χ1v) is 5.41. The van der Waals surface area contributed by atoms with Crippen LogP contribution in [0.4, 0.5) is 0 Å². The summed E-state index contributed by atoms with van der Waals surface area (Å²) in [6, 6.07) is 7.52. The van der Waals surface area contributed by atoms with Gasteiger partial charge in [-0.05, 0) is 17.7 Å². The van der Waals surface area contributed by atoms with E-state index in [4.69, 9.17) is 4.74 Å². The summed E-state index contributed by atoms with van der Waals surface area (Å²) in [6.07, 6.45) is 1.75. The third-order valence-electron chi connectivity index (χ3n) is 2.67. The summed E-state index contributed by atoms with van der Waals surface area (Å²) in [6.45, 7) is 6.32. The van der Waals surface area contributed by atoms with Crippen LogP contribution >= 0.6 is 0 Å². The van der Waals surface area contributed by atoms with E-state index in [1.54, 1.807) is 6.08 Å². The van der Waals surface area contributed by atoms with Crippen LogP contribution < -0.4 is 0 Å². The SMILES string of the molecule is C=Cc1cccc(C(=O)N2CCOCC2)c1. The van der Waals surface area contributed by atoms with Gasteiger partial charge in [-0.1, -0.05) is 24.8 Å². The maximum atomic E-state index is 12.1. The third-order valence-corrected chi connectivity index (χ3v) is 2.67. The van der Waals surface area contributed by atoms with Crippen molar-refractivity contribution in [2.24, 2.45) is 0 Å². The number of carbonyl (C=O) groups excluding carboxylic acids is 1. The molecule has 0 aliphatic carbocycles. The van der Waals surface area contributed by atoms with Crippen LogP contribution in [0.2, 0.25) is 0 Å². The van der Waals surface area contributed by atoms with Crippen LogP contribution in [-0.4, -0.2) is 37.1 Å². The topological polar surface area (TPSA) is 29.5 Å². The molecule has 2 rings (SSSR count). The Morgan fingerprint density at radius 1 is 1.38 bits per heavy atom. The standard InChI is InChI=1S/C13H15NO2/c1-2-11-4-3-5-12(10-11)13(15)14-6-8-16-9-7-14/h2-5,10H,1,6-9H2. The van der Waals surface area contributed by atoms with Gasteiger partial charge in [0.05, 0.1) is 13.2 Å². The molecule has 0 aromatic heterocycles. The average Bonchev–Trinajstić information content (AvgIpc) is 2.39. The lowest BCUT2D eigenvalue weighted by Gasteiger charge is -2.26. The zero-order valence-corrected chi connectivity index (χ0v) is 9.19. The number of carbonyl (C=O) groups is 1. The second-order valence-corrected chi connectivity index (χ2v) is 3.73. The predicted octanol–water partition coefficient (Wildman–Crippen LogP) is 1.80. The molecule has 0 bridgehead atoms. The molecule has 3 nitrogen and oxygen atoms in total. The fourth-order valence-corrected chi connectivity index (χ4v) is 1.75. The first-order valence-electron chi connectivity index (χ1n) is 5.41. The Balaban J connectivity index is 2.15. The van der Waals surface area contributed by atoms with E-state index < -0.39 is 0 Å². The second-order valence-electron chi connectivity index (χ2n) is 3.73. The number of rotatable bonds is 2. The monoisotopic (exact) mass is 217 g/mol. The quantitative estimate of drug-likeness (QED) is 0.756. The highest BCUT2D eigenvalue weighted by Gasteiger charge is 2.18. The molecule has 0 N–H and O–H groups in total. The molecule has 16 heavy (non-hydrogen) atoms. The van der Waals surface area contributed by atoms with E-state index in [0.717, 1.165) is 11.1 Å². The van der Waals surface area contributed by atoms with Crippen LogP contribution in [0.1, 0.15) is 15.9 Å². The first-order chi connectivity index (χ1) is 7.81. The van der Waals surface area contributed by atoms with Crippen molar-refractivity contribution >= 4 is 12.0 Å². The molecule has 3 heteroatoms. The van der Waals surface area contributed by atoms with Gasteiger partial charge in [-0.2, -0.15) is 0 Å². The number of morpholine rings is 1. The Morgan fingerprint density at radius 2 is 2.12 bits per heavy atom. The normalized spacial score (nSPS) is 15.9. The fraction of sp³-hybridized carbons (Fsp3) is 0.308. The highest BCUT2D eigenvalue weighted by Crippen LogP contribution is 2.10. The largest absolute Gasteiger partial charge is 0.378 e. The van der Waals surface area contributed by atoms with Gasteiger partial charge in [0.1, 0.15) is 0 Å². The Bertz CT molecular complexity index is 395. The van der Waals surface area contributed by atoms with Crippen LogP contribution in [0, 0.1) is 0 Å². The molecule has 0 spiro atoms. The van der Waals surface area contributed by atoms with E-state index in [1.807, 2.05) is 29.2 Å². The second kappa shape index (κ2) is 4.94. The summed E-state index contributed by atoms with van der Waals surface area (Å²) in [4.78, 5) is 13.9. The third kappa shape index (κ3) is 2.31. The number of hydrogen-bond acceptors (Lipinski definition) is 2. The van der Waals surface area contributed by atoms with Gasteiger partial charge in [0.15, 0.2) is 0 Å². The molecule has 1 aliphatic heterocycles. The van der Waals surface area contributed by atoms with Crippen molar-refractivity contribution in [3.05, 3.63) is 42.0 Å². The summed E-state index contributed by atoms with van der Waals surface area (Å²) in [7, 11) is 0. The molecular formula is C13H15NO2. The maximum Gasteiger partial charge on any atom is 0.254 e. The lowest BCUT2D eigenvalue weighted by Crippen LogP contribution is -2.40. The van der Waals surface area contributed by atoms with E-state index in [2.05, 4.69) is 6.58 Å². The minimum absolute atomic E-state index is 0.0759. The van der Waals surface area contributed by atoms with Gasteiger partial charge in [-0.3, -0.25) is 4.79 Å². The number of benzene rings is 1. The van der Waals surface area contributed by atoms with Gasteiger partial charge in [-0.15, -0.1) is 0 Å². The molecule has 1 aliphatic rings. The summed E-state index contributed by atoms with van der Waals surface area (Å²) >= 11 is 0. The van der Waals surface area contributed by atoms with E-state index in [0.29, 0.717) is 26.3 Å². The molecule has 1 aromatic rings. The molecule has 0 radical (unpaired) electrons. The van der Waals surface area contributed by atoms with Crippen molar-refractivity contribution in [1.29, 1.82) is 0 Å². The van der Waals surface area contributed by atoms with Crippen molar-refractivity contribution in [3.8, 4) is 0 Å². The predicted molar refractivity (Wildman–Crippen MR) is 63.3 cm³/mol. The summed E-state index contributed by atoms with van der Waals surface area (Å²) < 4.78 is 5.22. The van der Waals surface area contributed by atoms with Crippen molar-refractivity contribution in [2.75, 3.05) is 26.3 Å². The molecule has 1 saturated heterocycles. The van der Waals surface area contributed by atoms with Gasteiger partial charge in [-0.25, -0.2) is 0 Å². The Labute approximate surface area is 95.3 Å². The average molecular weight is 217 g/mol. The molecule has 0 unspecified atom stereocenters. The van der Waals surface area contributed by atoms with Crippen LogP contribution in [0.25, 0.3) is 6.08 Å². The number of nitrogens with zero attached hydrogens (tertiary/aromatic N) is 1. The maximum absolute atomic E-state index is 12.1. The van der Waals surface area contributed by atoms with Crippen molar-refractivity contribution in [1.82, 2.24) is 4.90 Å². The zero-order chi connectivity index (χ0) is 11.4. The lowest BCUT2D eigenvalue weighted by atomic mass is 10.1. The Hall–Kier alpha value is -1.61. The molecule has 1 amide bonds. The number of amides is 1. The smallest absolute Gasteiger partial charge is 0.254 e. The molecule has 1 fully saturated rings. The molecule has 0 saturated carbocycles. The van der Waals surface area contributed by atoms with Crippen LogP contribution in [0.15, 0.2) is 30.8 Å². The number of ether oxygens (including phenoxy) is 1. The van der Waals surface area contributed by atoms with Crippen LogP contribution in [0.5, 0.6) is 0 Å². The first kappa shape index (κ1) is 10.9. The van der Waals surface area contributed by atoms with Crippen molar-refractivity contribution < 1.29 is 9.53 Å². The molecular weight excluding hydrogens is 202 g/mol. The van der Waals surface area contributed by atoms with E-state index in [1.165, 1.54) is 0 Å². The summed E-state index contributed by atoms with van der Waals surface area (Å²) in [5.41, 5.74) is 1.69. The minimum atomic E-state index is 0.0759. The molecule has 1 heterocycles. The van der Waals surface area contributed by atoms with Crippen molar-refractivity contribution in [2.45, 2.75) is 0 Å². The Kier molecular flexibility index (Phi) is 3.37. The minimum Gasteiger partial charge on any atom is -0.378 e. The van der Waals surface area contributed by atoms with Gasteiger partial charge in [0.25, 0.3) is 5.91 Å². The van der Waals surface area contributed by atoms with E-state index >= 15 is 0 Å². The number of hydrogen-bond donors (Lipinski definition) is 0. The highest BCUT2D eigenvalue weighted by atomic mass is 16.5. The fourth-order valence-electron chi connectivity index (χ4n) is 1.75. The molecule has 0 atom stereocenters. The van der Waals surface area contributed by atoms with Gasteiger partial charge >= 0.3 is 0 Å². The summed E-state index contributed by atoms with van der Waals surface area (Å²) in [5.74, 6) is 0.0759. The summed E-state index contributed by atoms with van der Waals surface area (Å²) in [5, 5.41) is 0.